The molecular weight excluding hydrogens is 374 g/mol. The number of rotatable bonds is 6. The van der Waals surface area contributed by atoms with E-state index in [2.05, 4.69) is 15.5 Å². The van der Waals surface area contributed by atoms with Crippen LogP contribution in [0.4, 0.5) is 0 Å². The van der Waals surface area contributed by atoms with Gasteiger partial charge in [0, 0.05) is 16.6 Å². The number of benzene rings is 3. The standard InChI is InChI=1S/C25H21N3O2/c1-18-15-22(21-12-6-7-13-23(21)27-18)25(29)28-26-16-20-11-5-8-14-24(20)30-17-19-9-3-2-4-10-19/h2-16H,17H2,1H3,(H,28,29)/b26-16+. The molecule has 148 valence electrons. The summed E-state index contributed by atoms with van der Waals surface area (Å²) < 4.78 is 5.93. The van der Waals surface area contributed by atoms with Crippen LogP contribution in [0.1, 0.15) is 27.2 Å². The van der Waals surface area contributed by atoms with Crippen molar-refractivity contribution in [2.75, 3.05) is 0 Å². The number of fused-ring (bicyclic) bond motifs is 1. The van der Waals surface area contributed by atoms with Gasteiger partial charge < -0.3 is 4.74 Å². The van der Waals surface area contributed by atoms with Crippen molar-refractivity contribution < 1.29 is 9.53 Å². The third-order valence-corrected chi connectivity index (χ3v) is 4.61. The van der Waals surface area contributed by atoms with E-state index in [1.165, 1.54) is 0 Å². The maximum Gasteiger partial charge on any atom is 0.272 e. The van der Waals surface area contributed by atoms with Gasteiger partial charge >= 0.3 is 0 Å². The molecule has 1 heterocycles. The van der Waals surface area contributed by atoms with E-state index in [1.54, 1.807) is 12.3 Å². The molecule has 0 bridgehead atoms. The van der Waals surface area contributed by atoms with Crippen molar-refractivity contribution >= 4 is 23.0 Å². The molecule has 0 spiro atoms. The van der Waals surface area contributed by atoms with Crippen LogP contribution in [0.2, 0.25) is 0 Å². The molecule has 4 rings (SSSR count). The lowest BCUT2D eigenvalue weighted by Gasteiger charge is -2.09. The van der Waals surface area contributed by atoms with E-state index in [0.29, 0.717) is 17.9 Å². The number of ether oxygens (including phenoxy) is 1. The summed E-state index contributed by atoms with van der Waals surface area (Å²) in [6.07, 6.45) is 1.59. The molecule has 1 N–H and O–H groups in total. The highest BCUT2D eigenvalue weighted by atomic mass is 16.5. The number of nitrogens with zero attached hydrogens (tertiary/aromatic N) is 2. The number of aryl methyl sites for hydroxylation is 1. The van der Waals surface area contributed by atoms with Gasteiger partial charge in [-0.25, -0.2) is 5.43 Å². The highest BCUT2D eigenvalue weighted by Crippen LogP contribution is 2.19. The minimum atomic E-state index is -0.282. The van der Waals surface area contributed by atoms with Crippen LogP contribution >= 0.6 is 0 Å². The van der Waals surface area contributed by atoms with Crippen molar-refractivity contribution in [1.82, 2.24) is 10.4 Å². The topological polar surface area (TPSA) is 63.6 Å². The van der Waals surface area contributed by atoms with Crippen LogP contribution in [0.25, 0.3) is 10.9 Å². The summed E-state index contributed by atoms with van der Waals surface area (Å²) in [5.74, 6) is 0.417. The number of carbonyl (C=O) groups excluding carboxylic acids is 1. The number of amides is 1. The van der Waals surface area contributed by atoms with Crippen molar-refractivity contribution in [2.24, 2.45) is 5.10 Å². The van der Waals surface area contributed by atoms with Gasteiger partial charge in [0.15, 0.2) is 0 Å². The lowest BCUT2D eigenvalue weighted by atomic mass is 10.1. The van der Waals surface area contributed by atoms with E-state index in [-0.39, 0.29) is 5.91 Å². The zero-order chi connectivity index (χ0) is 20.8. The molecule has 0 radical (unpaired) electrons. The Morgan fingerprint density at radius 1 is 1.00 bits per heavy atom. The first-order valence-electron chi connectivity index (χ1n) is 9.66. The van der Waals surface area contributed by atoms with E-state index in [0.717, 1.165) is 27.7 Å². The summed E-state index contributed by atoms with van der Waals surface area (Å²) in [6, 6.07) is 26.9. The zero-order valence-electron chi connectivity index (χ0n) is 16.6. The molecule has 3 aromatic carbocycles. The molecule has 5 heteroatoms. The Morgan fingerprint density at radius 3 is 2.60 bits per heavy atom. The molecule has 5 nitrogen and oxygen atoms in total. The second-order valence-corrected chi connectivity index (χ2v) is 6.84. The summed E-state index contributed by atoms with van der Waals surface area (Å²) in [6.45, 7) is 2.33. The molecule has 0 aliphatic heterocycles. The van der Waals surface area contributed by atoms with E-state index >= 15 is 0 Å². The fraction of sp³-hybridized carbons (Fsp3) is 0.0800. The maximum absolute atomic E-state index is 12.7. The highest BCUT2D eigenvalue weighted by molar-refractivity contribution is 6.06. The predicted molar refractivity (Wildman–Crippen MR) is 119 cm³/mol. The molecule has 0 saturated carbocycles. The van der Waals surface area contributed by atoms with Gasteiger partial charge in [0.05, 0.1) is 17.3 Å². The van der Waals surface area contributed by atoms with Crippen LogP contribution in [0, 0.1) is 6.92 Å². The van der Waals surface area contributed by atoms with Gasteiger partial charge in [0.2, 0.25) is 0 Å². The minimum absolute atomic E-state index is 0.282. The predicted octanol–water partition coefficient (Wildman–Crippen LogP) is 4.89. The fourth-order valence-electron chi connectivity index (χ4n) is 3.17. The minimum Gasteiger partial charge on any atom is -0.488 e. The molecule has 0 atom stereocenters. The van der Waals surface area contributed by atoms with Gasteiger partial charge in [-0.3, -0.25) is 9.78 Å². The van der Waals surface area contributed by atoms with Crippen LogP contribution in [0.5, 0.6) is 5.75 Å². The summed E-state index contributed by atoms with van der Waals surface area (Å²) in [7, 11) is 0. The Kier molecular flexibility index (Phi) is 5.80. The summed E-state index contributed by atoms with van der Waals surface area (Å²) in [5.41, 5.74) is 6.59. The average Bonchev–Trinajstić information content (AvgIpc) is 2.78. The zero-order valence-corrected chi connectivity index (χ0v) is 16.6. The smallest absolute Gasteiger partial charge is 0.272 e. The molecule has 0 aliphatic rings. The van der Waals surface area contributed by atoms with Gasteiger partial charge in [-0.2, -0.15) is 5.10 Å². The first-order valence-corrected chi connectivity index (χ1v) is 9.66. The van der Waals surface area contributed by atoms with E-state index in [4.69, 9.17) is 4.74 Å². The first-order chi connectivity index (χ1) is 14.7. The molecule has 1 aromatic heterocycles. The van der Waals surface area contributed by atoms with Crippen LogP contribution in [-0.2, 0) is 6.61 Å². The lowest BCUT2D eigenvalue weighted by Crippen LogP contribution is -2.18. The lowest BCUT2D eigenvalue weighted by molar-refractivity contribution is 0.0956. The number of hydrogen-bond donors (Lipinski definition) is 1. The number of hydrazone groups is 1. The van der Waals surface area contributed by atoms with Crippen molar-refractivity contribution in [2.45, 2.75) is 13.5 Å². The van der Waals surface area contributed by atoms with E-state index in [1.807, 2.05) is 85.8 Å². The molecule has 0 unspecified atom stereocenters. The SMILES string of the molecule is Cc1cc(C(=O)N/N=C/c2ccccc2OCc2ccccc2)c2ccccc2n1. The Morgan fingerprint density at radius 2 is 1.73 bits per heavy atom. The Bertz CT molecular complexity index is 1200. The Labute approximate surface area is 175 Å². The second-order valence-electron chi connectivity index (χ2n) is 6.84. The van der Waals surface area contributed by atoms with E-state index in [9.17, 15) is 4.79 Å². The van der Waals surface area contributed by atoms with Crippen molar-refractivity contribution in [3.05, 3.63) is 107 Å². The molecule has 4 aromatic rings. The molecule has 1 amide bonds. The van der Waals surface area contributed by atoms with Crippen LogP contribution in [-0.4, -0.2) is 17.1 Å². The van der Waals surface area contributed by atoms with Gasteiger partial charge in [0.1, 0.15) is 12.4 Å². The summed E-state index contributed by atoms with van der Waals surface area (Å²) in [5, 5.41) is 4.94. The van der Waals surface area contributed by atoms with Gasteiger partial charge in [-0.1, -0.05) is 60.7 Å². The largest absolute Gasteiger partial charge is 0.488 e. The normalized spacial score (nSPS) is 11.0. The van der Waals surface area contributed by atoms with Crippen molar-refractivity contribution in [3.8, 4) is 5.75 Å². The second kappa shape index (κ2) is 9.01. The number of aromatic nitrogens is 1. The average molecular weight is 395 g/mol. The number of para-hydroxylation sites is 2. The van der Waals surface area contributed by atoms with Crippen LogP contribution in [0.3, 0.4) is 0 Å². The van der Waals surface area contributed by atoms with Crippen molar-refractivity contribution in [1.29, 1.82) is 0 Å². The number of hydrogen-bond acceptors (Lipinski definition) is 4. The van der Waals surface area contributed by atoms with Crippen LogP contribution in [0.15, 0.2) is 90.0 Å². The highest BCUT2D eigenvalue weighted by Gasteiger charge is 2.11. The fourth-order valence-corrected chi connectivity index (χ4v) is 3.17. The van der Waals surface area contributed by atoms with E-state index < -0.39 is 0 Å². The van der Waals surface area contributed by atoms with Gasteiger partial charge in [0.25, 0.3) is 5.91 Å². The van der Waals surface area contributed by atoms with Gasteiger partial charge in [-0.15, -0.1) is 0 Å². The van der Waals surface area contributed by atoms with Crippen LogP contribution < -0.4 is 10.2 Å². The quantitative estimate of drug-likeness (QED) is 0.374. The Hall–Kier alpha value is -3.99. The number of carbonyl (C=O) groups is 1. The molecule has 30 heavy (non-hydrogen) atoms. The number of pyridine rings is 1. The Balaban J connectivity index is 1.48. The summed E-state index contributed by atoms with van der Waals surface area (Å²) >= 11 is 0. The molecule has 0 fully saturated rings. The maximum atomic E-state index is 12.7. The van der Waals surface area contributed by atoms with Crippen molar-refractivity contribution in [3.63, 3.8) is 0 Å². The third-order valence-electron chi connectivity index (χ3n) is 4.61. The molecular formula is C25H21N3O2. The third kappa shape index (κ3) is 4.52. The first kappa shape index (κ1) is 19.3. The molecule has 0 aliphatic carbocycles. The monoisotopic (exact) mass is 395 g/mol. The molecule has 0 saturated heterocycles. The summed E-state index contributed by atoms with van der Waals surface area (Å²) in [4.78, 5) is 17.2. The number of nitrogens with one attached hydrogen (secondary N) is 1. The van der Waals surface area contributed by atoms with Gasteiger partial charge in [-0.05, 0) is 36.8 Å².